The van der Waals surface area contributed by atoms with Crippen molar-refractivity contribution in [1.29, 1.82) is 0 Å². The van der Waals surface area contributed by atoms with Crippen molar-refractivity contribution in [1.82, 2.24) is 15.5 Å². The lowest BCUT2D eigenvalue weighted by molar-refractivity contribution is -0.126. The summed E-state index contributed by atoms with van der Waals surface area (Å²) in [7, 11) is 3.74. The molecule has 19 heavy (non-hydrogen) atoms. The lowest BCUT2D eigenvalue weighted by Crippen LogP contribution is -2.48. The molecule has 1 fully saturated rings. The number of hydrogen-bond donors (Lipinski definition) is 2. The third-order valence-corrected chi connectivity index (χ3v) is 3.94. The van der Waals surface area contributed by atoms with Gasteiger partial charge in [-0.25, -0.2) is 0 Å². The van der Waals surface area contributed by atoms with Gasteiger partial charge in [-0.1, -0.05) is 0 Å². The molecule has 2 N–H and O–H groups in total. The molecule has 0 bridgehead atoms. The van der Waals surface area contributed by atoms with Crippen LogP contribution < -0.4 is 10.6 Å². The second kappa shape index (κ2) is 9.28. The first kappa shape index (κ1) is 16.4. The molecule has 0 aromatic rings. The second-order valence-electron chi connectivity index (χ2n) is 5.31. The van der Waals surface area contributed by atoms with Crippen LogP contribution in [-0.4, -0.2) is 63.3 Å². The van der Waals surface area contributed by atoms with Gasteiger partial charge >= 0.3 is 0 Å². The molecule has 0 aromatic carbocycles. The molecule has 1 rings (SSSR count). The maximum atomic E-state index is 12.1. The predicted octanol–water partition coefficient (Wildman–Crippen LogP) is 0.602. The normalized spacial score (nSPS) is 22.0. The van der Waals surface area contributed by atoms with Gasteiger partial charge < -0.3 is 15.4 Å². The first-order chi connectivity index (χ1) is 9.16. The summed E-state index contributed by atoms with van der Waals surface area (Å²) in [6.45, 7) is 5.53. The van der Waals surface area contributed by atoms with Crippen LogP contribution in [-0.2, 0) is 9.53 Å². The van der Waals surface area contributed by atoms with Crippen molar-refractivity contribution in [2.45, 2.75) is 44.7 Å². The van der Waals surface area contributed by atoms with Crippen LogP contribution in [0, 0.1) is 0 Å². The van der Waals surface area contributed by atoms with E-state index in [0.717, 1.165) is 25.9 Å². The van der Waals surface area contributed by atoms with E-state index < -0.39 is 0 Å². The smallest absolute Gasteiger partial charge is 0.237 e. The summed E-state index contributed by atoms with van der Waals surface area (Å²) >= 11 is 0. The zero-order chi connectivity index (χ0) is 14.1. The van der Waals surface area contributed by atoms with Crippen molar-refractivity contribution in [2.75, 3.05) is 40.4 Å². The summed E-state index contributed by atoms with van der Waals surface area (Å²) in [6, 6.07) is 0.445. The monoisotopic (exact) mass is 271 g/mol. The molecule has 112 valence electrons. The highest BCUT2D eigenvalue weighted by Gasteiger charge is 2.25. The lowest BCUT2D eigenvalue weighted by Gasteiger charge is -2.31. The highest BCUT2D eigenvalue weighted by Crippen LogP contribution is 2.14. The minimum absolute atomic E-state index is 0.0642. The third-order valence-electron chi connectivity index (χ3n) is 3.94. The molecule has 5 heteroatoms. The van der Waals surface area contributed by atoms with Crippen LogP contribution in [0.2, 0.25) is 0 Å². The SMILES string of the molecule is COCCCNC(=O)C(C)N(C)C1CCCNCC1. The summed E-state index contributed by atoms with van der Waals surface area (Å²) in [6.07, 6.45) is 4.35. The predicted molar refractivity (Wildman–Crippen MR) is 77.2 cm³/mol. The molecule has 0 radical (unpaired) electrons. The summed E-state index contributed by atoms with van der Waals surface area (Å²) in [5, 5.41) is 6.38. The van der Waals surface area contributed by atoms with Crippen molar-refractivity contribution in [3.8, 4) is 0 Å². The van der Waals surface area contributed by atoms with E-state index in [9.17, 15) is 4.79 Å². The van der Waals surface area contributed by atoms with E-state index in [0.29, 0.717) is 19.2 Å². The Labute approximate surface area is 117 Å². The Morgan fingerprint density at radius 1 is 1.47 bits per heavy atom. The summed E-state index contributed by atoms with van der Waals surface area (Å²) in [4.78, 5) is 14.3. The number of hydrogen-bond acceptors (Lipinski definition) is 4. The van der Waals surface area contributed by atoms with Gasteiger partial charge in [0.15, 0.2) is 0 Å². The third kappa shape index (κ3) is 5.89. The molecule has 0 aliphatic carbocycles. The quantitative estimate of drug-likeness (QED) is 0.666. The van der Waals surface area contributed by atoms with Gasteiger partial charge in [-0.15, -0.1) is 0 Å². The number of carbonyl (C=O) groups excluding carboxylic acids is 1. The molecule has 2 unspecified atom stereocenters. The van der Waals surface area contributed by atoms with Crippen LogP contribution in [0.4, 0.5) is 0 Å². The van der Waals surface area contributed by atoms with Crippen molar-refractivity contribution in [2.24, 2.45) is 0 Å². The molecule has 1 aliphatic rings. The molecular formula is C14H29N3O2. The molecule has 0 spiro atoms. The number of likely N-dealkylation sites (N-methyl/N-ethyl adjacent to an activating group) is 1. The fraction of sp³-hybridized carbons (Fsp3) is 0.929. The maximum absolute atomic E-state index is 12.1. The second-order valence-corrected chi connectivity index (χ2v) is 5.31. The van der Waals surface area contributed by atoms with Gasteiger partial charge in [0, 0.05) is 26.3 Å². The number of amides is 1. The fourth-order valence-corrected chi connectivity index (χ4v) is 2.48. The Morgan fingerprint density at radius 2 is 2.26 bits per heavy atom. The molecule has 1 heterocycles. The minimum Gasteiger partial charge on any atom is -0.385 e. The zero-order valence-electron chi connectivity index (χ0n) is 12.6. The van der Waals surface area contributed by atoms with E-state index in [4.69, 9.17) is 4.74 Å². The highest BCUT2D eigenvalue weighted by atomic mass is 16.5. The summed E-state index contributed by atoms with van der Waals surface area (Å²) < 4.78 is 4.97. The molecule has 1 saturated heterocycles. The van der Waals surface area contributed by atoms with Gasteiger partial charge in [0.25, 0.3) is 0 Å². The number of ether oxygens (including phenoxy) is 1. The Kier molecular flexibility index (Phi) is 8.02. The van der Waals surface area contributed by atoms with E-state index >= 15 is 0 Å². The van der Waals surface area contributed by atoms with Gasteiger partial charge in [0.1, 0.15) is 0 Å². The number of methoxy groups -OCH3 is 1. The van der Waals surface area contributed by atoms with Crippen LogP contribution in [0.15, 0.2) is 0 Å². The molecule has 5 nitrogen and oxygen atoms in total. The van der Waals surface area contributed by atoms with E-state index in [2.05, 4.69) is 22.6 Å². The van der Waals surface area contributed by atoms with Gasteiger partial charge in [-0.3, -0.25) is 9.69 Å². The standard InChI is InChI=1S/C14H29N3O2/c1-12(14(18)16-9-5-11-19-3)17(2)13-6-4-8-15-10-7-13/h12-13,15H,4-11H2,1-3H3,(H,16,18). The van der Waals surface area contributed by atoms with Crippen molar-refractivity contribution in [3.05, 3.63) is 0 Å². The van der Waals surface area contributed by atoms with Crippen LogP contribution in [0.5, 0.6) is 0 Å². The first-order valence-electron chi connectivity index (χ1n) is 7.36. The number of rotatable bonds is 7. The molecule has 0 aromatic heterocycles. The summed E-state index contributed by atoms with van der Waals surface area (Å²) in [5.74, 6) is 0.121. The van der Waals surface area contributed by atoms with Crippen molar-refractivity contribution in [3.63, 3.8) is 0 Å². The number of nitrogens with one attached hydrogen (secondary N) is 2. The molecule has 1 aliphatic heterocycles. The van der Waals surface area contributed by atoms with Gasteiger partial charge in [-0.05, 0) is 52.7 Å². The fourth-order valence-electron chi connectivity index (χ4n) is 2.48. The Hall–Kier alpha value is -0.650. The lowest BCUT2D eigenvalue weighted by atomic mass is 10.1. The average molecular weight is 271 g/mol. The molecule has 2 atom stereocenters. The topological polar surface area (TPSA) is 53.6 Å². The Balaban J connectivity index is 2.32. The number of nitrogens with zero attached hydrogens (tertiary/aromatic N) is 1. The molecule has 1 amide bonds. The van der Waals surface area contributed by atoms with E-state index in [1.165, 1.54) is 12.8 Å². The Morgan fingerprint density at radius 3 is 3.00 bits per heavy atom. The van der Waals surface area contributed by atoms with Gasteiger partial charge in [0.05, 0.1) is 6.04 Å². The van der Waals surface area contributed by atoms with Gasteiger partial charge in [-0.2, -0.15) is 0 Å². The Bertz CT molecular complexity index is 253. The van der Waals surface area contributed by atoms with Crippen LogP contribution in [0.25, 0.3) is 0 Å². The minimum atomic E-state index is -0.0642. The largest absolute Gasteiger partial charge is 0.385 e. The first-order valence-corrected chi connectivity index (χ1v) is 7.36. The summed E-state index contributed by atoms with van der Waals surface area (Å²) in [5.41, 5.74) is 0. The number of carbonyl (C=O) groups is 1. The van der Waals surface area contributed by atoms with E-state index in [1.54, 1.807) is 7.11 Å². The van der Waals surface area contributed by atoms with Gasteiger partial charge in [0.2, 0.25) is 5.91 Å². The molecule has 0 saturated carbocycles. The average Bonchev–Trinajstić information content (AvgIpc) is 2.70. The maximum Gasteiger partial charge on any atom is 0.237 e. The van der Waals surface area contributed by atoms with E-state index in [1.807, 2.05) is 6.92 Å². The highest BCUT2D eigenvalue weighted by molar-refractivity contribution is 5.81. The molecular weight excluding hydrogens is 242 g/mol. The van der Waals surface area contributed by atoms with E-state index in [-0.39, 0.29) is 11.9 Å². The van der Waals surface area contributed by atoms with Crippen LogP contribution >= 0.6 is 0 Å². The van der Waals surface area contributed by atoms with Crippen molar-refractivity contribution >= 4 is 5.91 Å². The zero-order valence-corrected chi connectivity index (χ0v) is 12.6. The van der Waals surface area contributed by atoms with Crippen molar-refractivity contribution < 1.29 is 9.53 Å². The van der Waals surface area contributed by atoms with Crippen LogP contribution in [0.1, 0.15) is 32.6 Å². The van der Waals surface area contributed by atoms with Crippen LogP contribution in [0.3, 0.4) is 0 Å².